The molecule has 7 nitrogen and oxygen atoms in total. The summed E-state index contributed by atoms with van der Waals surface area (Å²) in [6.45, 7) is 6.54. The molecule has 31 heavy (non-hydrogen) atoms. The minimum Gasteiger partial charge on any atom is -0.354 e. The van der Waals surface area contributed by atoms with Crippen LogP contribution < -0.4 is 5.32 Å². The van der Waals surface area contributed by atoms with Crippen LogP contribution in [0.15, 0.2) is 43.0 Å². The molecule has 7 heteroatoms. The molecule has 0 saturated carbocycles. The Hall–Kier alpha value is -3.22. The summed E-state index contributed by atoms with van der Waals surface area (Å²) in [7, 11) is 0. The molecule has 0 aliphatic carbocycles. The third-order valence-electron chi connectivity index (χ3n) is 6.00. The molecule has 0 radical (unpaired) electrons. The number of hydrogen-bond donors (Lipinski definition) is 1. The molecule has 1 saturated heterocycles. The van der Waals surface area contributed by atoms with Crippen LogP contribution in [0.2, 0.25) is 0 Å². The van der Waals surface area contributed by atoms with E-state index in [0.29, 0.717) is 31.6 Å². The van der Waals surface area contributed by atoms with Gasteiger partial charge in [-0.2, -0.15) is 0 Å². The zero-order valence-corrected chi connectivity index (χ0v) is 18.2. The third-order valence-corrected chi connectivity index (χ3v) is 6.00. The number of rotatable bonds is 6. The van der Waals surface area contributed by atoms with Gasteiger partial charge in [0.1, 0.15) is 0 Å². The summed E-state index contributed by atoms with van der Waals surface area (Å²) in [5.41, 5.74) is 3.46. The number of imidazole rings is 1. The summed E-state index contributed by atoms with van der Waals surface area (Å²) in [5, 5.41) is 3.96. The molecule has 1 aliphatic rings. The summed E-state index contributed by atoms with van der Waals surface area (Å²) >= 11 is 0. The largest absolute Gasteiger partial charge is 0.354 e. The fourth-order valence-electron chi connectivity index (χ4n) is 4.32. The maximum atomic E-state index is 13.3. The molecule has 2 amide bonds. The summed E-state index contributed by atoms with van der Waals surface area (Å²) in [5.74, 6) is 0.235. The highest BCUT2D eigenvalue weighted by Gasteiger charge is 2.27. The van der Waals surface area contributed by atoms with Gasteiger partial charge < -0.3 is 14.8 Å². The van der Waals surface area contributed by atoms with Crippen molar-refractivity contribution in [2.24, 2.45) is 5.92 Å². The summed E-state index contributed by atoms with van der Waals surface area (Å²) in [4.78, 5) is 36.2. The van der Waals surface area contributed by atoms with E-state index in [-0.39, 0.29) is 17.7 Å². The molecule has 2 aromatic heterocycles. The number of fused-ring (bicyclic) bond motifs is 1. The van der Waals surface area contributed by atoms with E-state index in [2.05, 4.69) is 10.3 Å². The minimum absolute atomic E-state index is 0.0126. The lowest BCUT2D eigenvalue weighted by atomic mass is 9.93. The van der Waals surface area contributed by atoms with Crippen LogP contribution in [-0.2, 0) is 11.3 Å². The predicted molar refractivity (Wildman–Crippen MR) is 120 cm³/mol. The van der Waals surface area contributed by atoms with Crippen molar-refractivity contribution in [3.8, 4) is 0 Å². The fraction of sp³-hybridized carbons (Fsp3) is 0.417. The molecule has 0 bridgehead atoms. The van der Waals surface area contributed by atoms with Crippen LogP contribution in [0.4, 0.5) is 0 Å². The van der Waals surface area contributed by atoms with Crippen molar-refractivity contribution < 1.29 is 9.59 Å². The Morgan fingerprint density at radius 3 is 2.94 bits per heavy atom. The molecule has 1 atom stereocenters. The molecule has 1 aliphatic heterocycles. The smallest absolute Gasteiger partial charge is 0.255 e. The van der Waals surface area contributed by atoms with Gasteiger partial charge in [0.05, 0.1) is 23.1 Å². The Bertz CT molecular complexity index is 1080. The molecule has 0 spiro atoms. The highest BCUT2D eigenvalue weighted by Crippen LogP contribution is 2.24. The van der Waals surface area contributed by atoms with Crippen LogP contribution in [-0.4, -0.2) is 50.9 Å². The molecule has 3 heterocycles. The highest BCUT2D eigenvalue weighted by atomic mass is 16.2. The van der Waals surface area contributed by atoms with E-state index in [4.69, 9.17) is 4.98 Å². The van der Waals surface area contributed by atoms with E-state index in [1.54, 1.807) is 12.5 Å². The van der Waals surface area contributed by atoms with E-state index in [1.165, 1.54) is 0 Å². The molecule has 1 fully saturated rings. The molecule has 1 N–H and O–H groups in total. The predicted octanol–water partition coefficient (Wildman–Crippen LogP) is 3.11. The zero-order valence-electron chi connectivity index (χ0n) is 18.2. The first-order valence-corrected chi connectivity index (χ1v) is 10.9. The van der Waals surface area contributed by atoms with Gasteiger partial charge in [0.25, 0.3) is 5.91 Å². The lowest BCUT2D eigenvalue weighted by molar-refractivity contribution is -0.122. The normalized spacial score (nSPS) is 16.5. The van der Waals surface area contributed by atoms with Crippen molar-refractivity contribution in [2.45, 2.75) is 39.7 Å². The number of nitrogens with one attached hydrogen (secondary N) is 1. The van der Waals surface area contributed by atoms with Crippen molar-refractivity contribution in [1.82, 2.24) is 24.8 Å². The summed E-state index contributed by atoms with van der Waals surface area (Å²) in [6, 6.07) is 7.98. The van der Waals surface area contributed by atoms with Crippen LogP contribution in [0.1, 0.15) is 40.9 Å². The molecule has 3 aromatic rings. The average molecular weight is 420 g/mol. The molecule has 162 valence electrons. The number of aryl methyl sites for hydroxylation is 2. The summed E-state index contributed by atoms with van der Waals surface area (Å²) in [6.07, 6.45) is 7.67. The number of pyridine rings is 1. The number of nitrogens with zero attached hydrogens (tertiary/aromatic N) is 4. The van der Waals surface area contributed by atoms with Gasteiger partial charge in [-0.25, -0.2) is 4.98 Å². The van der Waals surface area contributed by atoms with Crippen molar-refractivity contribution in [3.05, 3.63) is 59.8 Å². The van der Waals surface area contributed by atoms with Crippen molar-refractivity contribution in [2.75, 3.05) is 19.6 Å². The maximum absolute atomic E-state index is 13.3. The highest BCUT2D eigenvalue weighted by molar-refractivity contribution is 5.99. The number of likely N-dealkylation sites (tertiary alicyclic amines) is 1. The number of carbonyl (C=O) groups excluding carboxylic acids is 2. The third kappa shape index (κ3) is 4.93. The molecular weight excluding hydrogens is 390 g/mol. The Morgan fingerprint density at radius 2 is 2.13 bits per heavy atom. The Kier molecular flexibility index (Phi) is 6.30. The van der Waals surface area contributed by atoms with E-state index in [1.807, 2.05) is 53.8 Å². The Labute approximate surface area is 182 Å². The first kappa shape index (κ1) is 21.0. The zero-order chi connectivity index (χ0) is 21.8. The van der Waals surface area contributed by atoms with E-state index in [0.717, 1.165) is 41.5 Å². The van der Waals surface area contributed by atoms with Gasteiger partial charge in [0.15, 0.2) is 0 Å². The van der Waals surface area contributed by atoms with Gasteiger partial charge in [-0.15, -0.1) is 0 Å². The first-order valence-electron chi connectivity index (χ1n) is 10.9. The number of carbonyl (C=O) groups is 2. The average Bonchev–Trinajstić information content (AvgIpc) is 3.27. The van der Waals surface area contributed by atoms with Gasteiger partial charge in [0, 0.05) is 50.4 Å². The van der Waals surface area contributed by atoms with Gasteiger partial charge in [0.2, 0.25) is 5.91 Å². The standard InChI is InChI=1S/C24H29N5O2/c1-17-5-3-7-20-14-21(18(2)27-23(17)20)24(31)29-10-4-6-19(15-29)13-22(30)26-9-12-28-11-8-25-16-28/h3,5,7-8,11,14,16,19H,4,6,9-10,12-13,15H2,1-2H3,(H,26,30)/t19-/m1/s1. The summed E-state index contributed by atoms with van der Waals surface area (Å²) < 4.78 is 1.93. The van der Waals surface area contributed by atoms with E-state index in [9.17, 15) is 9.59 Å². The lowest BCUT2D eigenvalue weighted by Gasteiger charge is -2.33. The van der Waals surface area contributed by atoms with Crippen molar-refractivity contribution in [1.29, 1.82) is 0 Å². The second kappa shape index (κ2) is 9.29. The molecule has 1 aromatic carbocycles. The number of amides is 2. The maximum Gasteiger partial charge on any atom is 0.255 e. The molecule has 4 rings (SSSR count). The van der Waals surface area contributed by atoms with Gasteiger partial charge in [-0.1, -0.05) is 18.2 Å². The Balaban J connectivity index is 1.36. The molecule has 0 unspecified atom stereocenters. The minimum atomic E-state index is 0.0126. The second-order valence-electron chi connectivity index (χ2n) is 8.38. The van der Waals surface area contributed by atoms with Crippen molar-refractivity contribution in [3.63, 3.8) is 0 Å². The molecular formula is C24H29N5O2. The van der Waals surface area contributed by atoms with Crippen LogP contribution in [0, 0.1) is 19.8 Å². The number of hydrogen-bond acceptors (Lipinski definition) is 4. The van der Waals surface area contributed by atoms with Crippen LogP contribution in [0.5, 0.6) is 0 Å². The topological polar surface area (TPSA) is 80.1 Å². The number of aromatic nitrogens is 3. The number of benzene rings is 1. The van der Waals surface area contributed by atoms with Crippen LogP contribution in [0.25, 0.3) is 10.9 Å². The second-order valence-corrected chi connectivity index (χ2v) is 8.38. The fourth-order valence-corrected chi connectivity index (χ4v) is 4.32. The van der Waals surface area contributed by atoms with Gasteiger partial charge >= 0.3 is 0 Å². The van der Waals surface area contributed by atoms with Crippen LogP contribution >= 0.6 is 0 Å². The quantitative estimate of drug-likeness (QED) is 0.666. The van der Waals surface area contributed by atoms with Crippen LogP contribution in [0.3, 0.4) is 0 Å². The van der Waals surface area contributed by atoms with Crippen molar-refractivity contribution >= 4 is 22.7 Å². The monoisotopic (exact) mass is 419 g/mol. The van der Waals surface area contributed by atoms with E-state index < -0.39 is 0 Å². The van der Waals surface area contributed by atoms with Gasteiger partial charge in [-0.3, -0.25) is 14.6 Å². The van der Waals surface area contributed by atoms with Gasteiger partial charge in [-0.05, 0) is 44.2 Å². The Morgan fingerprint density at radius 1 is 1.26 bits per heavy atom. The lowest BCUT2D eigenvalue weighted by Crippen LogP contribution is -2.42. The SMILES string of the molecule is Cc1nc2c(C)cccc2cc1C(=O)N1CCC[C@H](CC(=O)NCCn2ccnc2)C1. The number of piperidine rings is 1. The first-order chi connectivity index (χ1) is 15.0. The number of para-hydroxylation sites is 1. The van der Waals surface area contributed by atoms with E-state index >= 15 is 0 Å².